The Bertz CT molecular complexity index is 524. The van der Waals surface area contributed by atoms with E-state index in [1.165, 1.54) is 4.57 Å². The summed E-state index contributed by atoms with van der Waals surface area (Å²) >= 11 is 4.95. The van der Waals surface area contributed by atoms with Crippen LogP contribution in [-0.2, 0) is 4.74 Å². The van der Waals surface area contributed by atoms with Crippen molar-refractivity contribution < 1.29 is 14.9 Å². The molecule has 0 saturated carbocycles. The minimum Gasteiger partial charge on any atom is -0.394 e. The third-order valence-corrected chi connectivity index (χ3v) is 3.26. The molecule has 17 heavy (non-hydrogen) atoms. The van der Waals surface area contributed by atoms with E-state index in [0.717, 1.165) is 5.56 Å². The van der Waals surface area contributed by atoms with Gasteiger partial charge in [-0.25, -0.2) is 4.79 Å². The highest BCUT2D eigenvalue weighted by Gasteiger charge is 2.34. The molecule has 7 heteroatoms. The Morgan fingerprint density at radius 3 is 3.00 bits per heavy atom. The van der Waals surface area contributed by atoms with Crippen LogP contribution in [0.4, 0.5) is 0 Å². The summed E-state index contributed by atoms with van der Waals surface area (Å²) in [7, 11) is 0. The molecule has 6 nitrogen and oxygen atoms in total. The smallest absolute Gasteiger partial charge is 0.328 e. The van der Waals surface area contributed by atoms with E-state index >= 15 is 0 Å². The first-order valence-electron chi connectivity index (χ1n) is 5.29. The van der Waals surface area contributed by atoms with Gasteiger partial charge in [-0.1, -0.05) is 12.2 Å². The van der Waals surface area contributed by atoms with Crippen molar-refractivity contribution in [1.29, 1.82) is 0 Å². The van der Waals surface area contributed by atoms with Crippen molar-refractivity contribution in [3.8, 4) is 0 Å². The molecule has 0 radical (unpaired) electrons. The first-order chi connectivity index (χ1) is 8.02. The minimum absolute atomic E-state index is 0.270. The van der Waals surface area contributed by atoms with Gasteiger partial charge in [-0.05, 0) is 6.92 Å². The summed E-state index contributed by atoms with van der Waals surface area (Å²) in [4.78, 5) is 14.2. The van der Waals surface area contributed by atoms with Gasteiger partial charge in [0, 0.05) is 18.2 Å². The molecule has 3 N–H and O–H groups in total. The van der Waals surface area contributed by atoms with Crippen molar-refractivity contribution in [3.05, 3.63) is 26.9 Å². The molecule has 2 rings (SSSR count). The van der Waals surface area contributed by atoms with Crippen molar-refractivity contribution in [1.82, 2.24) is 9.55 Å². The fourth-order valence-electron chi connectivity index (χ4n) is 1.85. The topological polar surface area (TPSA) is 87.5 Å². The maximum atomic E-state index is 11.7. The summed E-state index contributed by atoms with van der Waals surface area (Å²) < 4.78 is 7.14. The predicted octanol–water partition coefficient (Wildman–Crippen LogP) is -0.145. The number of nitrogens with one attached hydrogen (secondary N) is 1. The number of nitrogens with zero attached hydrogens (tertiary/aromatic N) is 1. The number of aliphatic hydroxyl groups excluding tert-OH is 2. The maximum absolute atomic E-state index is 11.7. The van der Waals surface area contributed by atoms with Gasteiger partial charge in [0.05, 0.1) is 12.7 Å². The summed E-state index contributed by atoms with van der Waals surface area (Å²) in [6, 6.07) is 0. The van der Waals surface area contributed by atoms with Gasteiger partial charge in [-0.2, -0.15) is 0 Å². The zero-order valence-electron chi connectivity index (χ0n) is 9.29. The Balaban J connectivity index is 2.34. The van der Waals surface area contributed by atoms with Gasteiger partial charge in [0.2, 0.25) is 0 Å². The molecule has 0 aromatic carbocycles. The lowest BCUT2D eigenvalue weighted by Gasteiger charge is -2.14. The SMILES string of the molecule is Cc1cn([C@H]2C[C@H](O)[C@H](CO)O2)c(=O)[nH]c1=S. The quantitative estimate of drug-likeness (QED) is 0.642. The molecule has 0 spiro atoms. The molecule has 1 saturated heterocycles. The second-order valence-corrected chi connectivity index (χ2v) is 4.50. The van der Waals surface area contributed by atoms with E-state index in [2.05, 4.69) is 4.98 Å². The van der Waals surface area contributed by atoms with Crippen LogP contribution in [0.15, 0.2) is 11.0 Å². The van der Waals surface area contributed by atoms with Crippen LogP contribution in [0.25, 0.3) is 0 Å². The molecular formula is C10H14N2O4S. The number of aryl methyl sites for hydroxylation is 1. The highest BCUT2D eigenvalue weighted by molar-refractivity contribution is 7.71. The normalized spacial score (nSPS) is 28.5. The van der Waals surface area contributed by atoms with Crippen molar-refractivity contribution in [3.63, 3.8) is 0 Å². The van der Waals surface area contributed by atoms with Gasteiger partial charge < -0.3 is 14.9 Å². The molecule has 2 heterocycles. The summed E-state index contributed by atoms with van der Waals surface area (Å²) in [5.74, 6) is 0. The van der Waals surface area contributed by atoms with Gasteiger partial charge in [-0.15, -0.1) is 0 Å². The number of aromatic nitrogens is 2. The van der Waals surface area contributed by atoms with Gasteiger partial charge >= 0.3 is 5.69 Å². The number of rotatable bonds is 2. The minimum atomic E-state index is -0.764. The fourth-order valence-corrected chi connectivity index (χ4v) is 1.99. The van der Waals surface area contributed by atoms with Crippen molar-refractivity contribution >= 4 is 12.2 Å². The summed E-state index contributed by atoms with van der Waals surface area (Å²) in [6.07, 6.45) is -0.107. The van der Waals surface area contributed by atoms with Crippen LogP contribution in [0.1, 0.15) is 18.2 Å². The number of ether oxygens (including phenoxy) is 1. The number of hydrogen-bond acceptors (Lipinski definition) is 5. The van der Waals surface area contributed by atoms with E-state index in [1.54, 1.807) is 13.1 Å². The van der Waals surface area contributed by atoms with Crippen LogP contribution in [0.3, 0.4) is 0 Å². The molecule has 1 aromatic rings. The van der Waals surface area contributed by atoms with E-state index in [0.29, 0.717) is 4.64 Å². The number of aliphatic hydroxyl groups is 2. The Hall–Kier alpha value is -1.02. The highest BCUT2D eigenvalue weighted by atomic mass is 32.1. The van der Waals surface area contributed by atoms with Crippen LogP contribution in [-0.4, -0.2) is 38.6 Å². The van der Waals surface area contributed by atoms with Crippen molar-refractivity contribution in [2.24, 2.45) is 0 Å². The molecule has 1 aromatic heterocycles. The Labute approximate surface area is 102 Å². The molecule has 0 amide bonds. The molecule has 0 aliphatic carbocycles. The zero-order chi connectivity index (χ0) is 12.6. The summed E-state index contributed by atoms with van der Waals surface area (Å²) in [5, 5.41) is 18.6. The lowest BCUT2D eigenvalue weighted by Crippen LogP contribution is -2.28. The Kier molecular flexibility index (Phi) is 3.43. The second kappa shape index (κ2) is 4.69. The van der Waals surface area contributed by atoms with Crippen LogP contribution < -0.4 is 5.69 Å². The predicted molar refractivity (Wildman–Crippen MR) is 62.2 cm³/mol. The Morgan fingerprint density at radius 1 is 1.71 bits per heavy atom. The number of H-pyrrole nitrogens is 1. The summed E-state index contributed by atoms with van der Waals surface area (Å²) in [6.45, 7) is 1.51. The van der Waals surface area contributed by atoms with Crippen LogP contribution in [0.5, 0.6) is 0 Å². The second-order valence-electron chi connectivity index (χ2n) is 4.09. The van der Waals surface area contributed by atoms with Crippen LogP contribution >= 0.6 is 12.2 Å². The standard InChI is InChI=1S/C10H14N2O4S/c1-5-3-12(10(15)11-9(5)17)8-2-6(14)7(4-13)16-8/h3,6-8,13-14H,2,4H2,1H3,(H,11,15,17)/t6-,7-,8+/m0/s1. The lowest BCUT2D eigenvalue weighted by molar-refractivity contribution is -0.0459. The maximum Gasteiger partial charge on any atom is 0.328 e. The monoisotopic (exact) mass is 258 g/mol. The fraction of sp³-hybridized carbons (Fsp3) is 0.600. The van der Waals surface area contributed by atoms with E-state index in [4.69, 9.17) is 22.1 Å². The number of hydrogen-bond donors (Lipinski definition) is 3. The van der Waals surface area contributed by atoms with Gasteiger partial charge in [-0.3, -0.25) is 9.55 Å². The third-order valence-electron chi connectivity index (χ3n) is 2.84. The molecular weight excluding hydrogens is 244 g/mol. The van der Waals surface area contributed by atoms with E-state index in [9.17, 15) is 9.90 Å². The van der Waals surface area contributed by atoms with Crippen molar-refractivity contribution in [2.75, 3.05) is 6.61 Å². The zero-order valence-corrected chi connectivity index (χ0v) is 10.1. The average Bonchev–Trinajstić information content (AvgIpc) is 2.65. The first kappa shape index (κ1) is 12.4. The first-order valence-corrected chi connectivity index (χ1v) is 5.70. The summed E-state index contributed by atoms with van der Waals surface area (Å²) in [5.41, 5.74) is 0.376. The average molecular weight is 258 g/mol. The molecule has 1 aliphatic rings. The number of aromatic amines is 1. The van der Waals surface area contributed by atoms with E-state index < -0.39 is 18.4 Å². The largest absolute Gasteiger partial charge is 0.394 e. The van der Waals surface area contributed by atoms with Crippen LogP contribution in [0.2, 0.25) is 0 Å². The van der Waals surface area contributed by atoms with Crippen molar-refractivity contribution in [2.45, 2.75) is 31.8 Å². The van der Waals surface area contributed by atoms with E-state index in [-0.39, 0.29) is 18.7 Å². The molecule has 3 atom stereocenters. The van der Waals surface area contributed by atoms with Crippen LogP contribution in [0, 0.1) is 11.6 Å². The molecule has 0 bridgehead atoms. The lowest BCUT2D eigenvalue weighted by atomic mass is 10.2. The molecule has 94 valence electrons. The van der Waals surface area contributed by atoms with Gasteiger partial charge in [0.25, 0.3) is 0 Å². The van der Waals surface area contributed by atoms with Gasteiger partial charge in [0.1, 0.15) is 17.0 Å². The Morgan fingerprint density at radius 2 is 2.41 bits per heavy atom. The molecule has 1 fully saturated rings. The van der Waals surface area contributed by atoms with E-state index in [1.807, 2.05) is 0 Å². The molecule has 0 unspecified atom stereocenters. The highest BCUT2D eigenvalue weighted by Crippen LogP contribution is 2.27. The molecule has 1 aliphatic heterocycles. The third kappa shape index (κ3) is 2.32. The van der Waals surface area contributed by atoms with Gasteiger partial charge in [0.15, 0.2) is 0 Å².